The molecule has 3 aromatic rings. The largest absolute Gasteiger partial charge is 0.479 e. The fourth-order valence-electron chi connectivity index (χ4n) is 3.64. The Morgan fingerprint density at radius 2 is 1.88 bits per heavy atom. The Morgan fingerprint density at radius 1 is 1.15 bits per heavy atom. The molecule has 1 aliphatic rings. The Balaban J connectivity index is 1.72. The first-order valence-electron chi connectivity index (χ1n) is 10.3. The van der Waals surface area contributed by atoms with Crippen LogP contribution in [0.15, 0.2) is 41.0 Å². The number of fused-ring (bicyclic) bond motifs is 1. The Hall–Kier alpha value is -2.95. The average molecular weight is 483 g/mol. The summed E-state index contributed by atoms with van der Waals surface area (Å²) in [4.78, 5) is 8.50. The summed E-state index contributed by atoms with van der Waals surface area (Å²) >= 11 is 0. The molecular weight excluding hydrogens is 460 g/mol. The molecule has 2 aromatic carbocycles. The van der Waals surface area contributed by atoms with Crippen LogP contribution in [0.25, 0.3) is 10.9 Å². The quantitative estimate of drug-likeness (QED) is 0.449. The summed E-state index contributed by atoms with van der Waals surface area (Å²) in [5.74, 6) is 0.425. The Morgan fingerprint density at radius 3 is 2.58 bits per heavy atom. The summed E-state index contributed by atoms with van der Waals surface area (Å²) < 4.78 is 74.9. The van der Waals surface area contributed by atoms with Crippen molar-refractivity contribution < 1.29 is 26.5 Å². The molecule has 1 aromatic heterocycles. The maximum atomic E-state index is 13.7. The Bertz CT molecular complexity index is 1310. The molecular formula is C22H22F4N4O2S. The average Bonchev–Trinajstić information content (AvgIpc) is 3.15. The predicted molar refractivity (Wildman–Crippen MR) is 119 cm³/mol. The van der Waals surface area contributed by atoms with Crippen LogP contribution >= 0.6 is 0 Å². The molecule has 1 saturated heterocycles. The van der Waals surface area contributed by atoms with Gasteiger partial charge in [0.15, 0.2) is 6.10 Å². The van der Waals surface area contributed by atoms with Gasteiger partial charge in [-0.3, -0.25) is 0 Å². The lowest BCUT2D eigenvalue weighted by Crippen LogP contribution is -2.31. The van der Waals surface area contributed by atoms with Gasteiger partial charge in [-0.25, -0.2) is 18.6 Å². The predicted octanol–water partition coefficient (Wildman–Crippen LogP) is 6.04. The monoisotopic (exact) mass is 482 g/mol. The van der Waals surface area contributed by atoms with Crippen LogP contribution in [-0.2, 0) is 9.73 Å². The summed E-state index contributed by atoms with van der Waals surface area (Å²) in [5.41, 5.74) is 1.94. The minimum Gasteiger partial charge on any atom is -0.479 e. The number of alkyl halides is 3. The minimum absolute atomic E-state index is 0.120. The lowest BCUT2D eigenvalue weighted by Gasteiger charge is -2.20. The van der Waals surface area contributed by atoms with Gasteiger partial charge in [0.1, 0.15) is 23.7 Å². The molecule has 0 saturated carbocycles. The molecule has 1 aliphatic heterocycles. The molecule has 4 rings (SSSR count). The second-order valence-electron chi connectivity index (χ2n) is 7.93. The number of benzene rings is 2. The van der Waals surface area contributed by atoms with E-state index in [9.17, 15) is 21.8 Å². The number of aryl methyl sites for hydroxylation is 1. The summed E-state index contributed by atoms with van der Waals surface area (Å²) in [6.07, 6.45) is -3.67. The van der Waals surface area contributed by atoms with E-state index in [-0.39, 0.29) is 11.4 Å². The maximum absolute atomic E-state index is 13.7. The van der Waals surface area contributed by atoms with Crippen molar-refractivity contribution in [1.29, 1.82) is 0 Å². The number of anilines is 2. The lowest BCUT2D eigenvalue weighted by atomic mass is 10.1. The summed E-state index contributed by atoms with van der Waals surface area (Å²) in [5, 5.41) is 3.55. The van der Waals surface area contributed by atoms with E-state index in [0.29, 0.717) is 33.9 Å². The van der Waals surface area contributed by atoms with Crippen molar-refractivity contribution in [2.45, 2.75) is 39.0 Å². The van der Waals surface area contributed by atoms with Crippen molar-refractivity contribution in [3.63, 3.8) is 0 Å². The zero-order chi connectivity index (χ0) is 23.8. The van der Waals surface area contributed by atoms with Gasteiger partial charge >= 0.3 is 6.18 Å². The van der Waals surface area contributed by atoms with E-state index >= 15 is 0 Å². The van der Waals surface area contributed by atoms with Crippen molar-refractivity contribution in [2.24, 2.45) is 4.36 Å². The van der Waals surface area contributed by atoms with Gasteiger partial charge < -0.3 is 10.1 Å². The van der Waals surface area contributed by atoms with Crippen molar-refractivity contribution in [1.82, 2.24) is 9.97 Å². The summed E-state index contributed by atoms with van der Waals surface area (Å²) in [6.45, 7) is 2.66. The first kappa shape index (κ1) is 23.2. The molecule has 0 radical (unpaired) electrons. The number of halogens is 4. The molecule has 2 heterocycles. The second-order valence-corrected chi connectivity index (χ2v) is 10.5. The van der Waals surface area contributed by atoms with Gasteiger partial charge in [-0.1, -0.05) is 0 Å². The first-order chi connectivity index (χ1) is 15.5. The third-order valence-electron chi connectivity index (χ3n) is 5.33. The van der Waals surface area contributed by atoms with Crippen molar-refractivity contribution in [3.8, 4) is 5.75 Å². The number of ether oxygens (including phenoxy) is 1. The van der Waals surface area contributed by atoms with Crippen LogP contribution in [0, 0.1) is 12.7 Å². The highest BCUT2D eigenvalue weighted by atomic mass is 32.2. The van der Waals surface area contributed by atoms with Gasteiger partial charge in [-0.15, -0.1) is 0 Å². The number of hydrogen-bond acceptors (Lipinski definition) is 6. The van der Waals surface area contributed by atoms with E-state index in [2.05, 4.69) is 19.6 Å². The van der Waals surface area contributed by atoms with Gasteiger partial charge in [0.05, 0.1) is 26.6 Å². The van der Waals surface area contributed by atoms with Crippen molar-refractivity contribution in [3.05, 3.63) is 48.0 Å². The highest BCUT2D eigenvalue weighted by molar-refractivity contribution is 7.93. The van der Waals surface area contributed by atoms with Crippen LogP contribution in [-0.4, -0.2) is 38.0 Å². The SMILES string of the molecule is Cc1cc(N=S2(=O)CCCC2)cc2ncnc(Nc3ccc(F)cc3O[C@H](C)C(F)(F)F)c12. The molecule has 176 valence electrons. The van der Waals surface area contributed by atoms with E-state index in [0.717, 1.165) is 37.5 Å². The molecule has 0 spiro atoms. The fraction of sp³-hybridized carbons (Fsp3) is 0.364. The molecule has 1 fully saturated rings. The molecule has 11 heteroatoms. The van der Waals surface area contributed by atoms with E-state index in [1.807, 2.05) is 6.92 Å². The standard InChI is InChI=1S/C22H22F4N4O2S/c1-13-9-16(30-33(31)7-3-4-8-33)11-18-20(13)21(28-12-27-18)29-17-6-5-15(23)10-19(17)32-14(2)22(24,25)26/h5-6,9-12,14H,3-4,7-8H2,1-2H3,(H,27,28,29)/t14-/m1/s1. The highest BCUT2D eigenvalue weighted by Crippen LogP contribution is 2.36. The number of nitrogens with zero attached hydrogens (tertiary/aromatic N) is 3. The zero-order valence-electron chi connectivity index (χ0n) is 17.9. The van der Waals surface area contributed by atoms with Crippen LogP contribution in [0.4, 0.5) is 34.8 Å². The van der Waals surface area contributed by atoms with Gasteiger partial charge in [0.25, 0.3) is 0 Å². The number of nitrogens with one attached hydrogen (secondary N) is 1. The molecule has 0 unspecified atom stereocenters. The van der Waals surface area contributed by atoms with Gasteiger partial charge in [0.2, 0.25) is 0 Å². The Labute approximate surface area is 188 Å². The smallest absolute Gasteiger partial charge is 0.425 e. The molecule has 33 heavy (non-hydrogen) atoms. The van der Waals surface area contributed by atoms with Crippen LogP contribution in [0.5, 0.6) is 5.75 Å². The van der Waals surface area contributed by atoms with Gasteiger partial charge in [-0.2, -0.15) is 17.5 Å². The van der Waals surface area contributed by atoms with E-state index < -0.39 is 27.8 Å². The van der Waals surface area contributed by atoms with Crippen molar-refractivity contribution >= 4 is 37.8 Å². The zero-order valence-corrected chi connectivity index (χ0v) is 18.8. The van der Waals surface area contributed by atoms with Crippen molar-refractivity contribution in [2.75, 3.05) is 16.8 Å². The summed E-state index contributed by atoms with van der Waals surface area (Å²) in [6, 6.07) is 6.75. The number of rotatable bonds is 5. The fourth-order valence-corrected chi connectivity index (χ4v) is 5.83. The topological polar surface area (TPSA) is 76.5 Å². The molecule has 0 bridgehead atoms. The second kappa shape index (κ2) is 8.77. The van der Waals surface area contributed by atoms with E-state index in [1.54, 1.807) is 12.1 Å². The van der Waals surface area contributed by atoms with Crippen LogP contribution in [0.1, 0.15) is 25.3 Å². The van der Waals surface area contributed by atoms with Gasteiger partial charge in [-0.05, 0) is 56.5 Å². The molecule has 1 N–H and O–H groups in total. The third kappa shape index (κ3) is 5.18. The summed E-state index contributed by atoms with van der Waals surface area (Å²) in [7, 11) is -2.26. The van der Waals surface area contributed by atoms with Gasteiger partial charge in [0, 0.05) is 23.0 Å². The van der Waals surface area contributed by atoms with Crippen LogP contribution in [0.2, 0.25) is 0 Å². The number of aromatic nitrogens is 2. The molecule has 6 nitrogen and oxygen atoms in total. The normalized spacial score (nSPS) is 16.5. The van der Waals surface area contributed by atoms with E-state index in [1.165, 1.54) is 12.4 Å². The third-order valence-corrected chi connectivity index (χ3v) is 7.73. The minimum atomic E-state index is -4.61. The van der Waals surface area contributed by atoms with Crippen LogP contribution in [0.3, 0.4) is 0 Å². The molecule has 1 atom stereocenters. The Kier molecular flexibility index (Phi) is 6.17. The lowest BCUT2D eigenvalue weighted by molar-refractivity contribution is -0.189. The van der Waals surface area contributed by atoms with E-state index in [4.69, 9.17) is 4.74 Å². The molecule has 0 aliphatic carbocycles. The first-order valence-corrected chi connectivity index (χ1v) is 12.2. The molecule has 0 amide bonds. The van der Waals surface area contributed by atoms with Crippen LogP contribution < -0.4 is 10.1 Å². The maximum Gasteiger partial charge on any atom is 0.425 e. The number of hydrogen-bond donors (Lipinski definition) is 1. The highest BCUT2D eigenvalue weighted by Gasteiger charge is 2.38.